The van der Waals surface area contributed by atoms with Gasteiger partial charge in [-0.1, -0.05) is 12.1 Å². The van der Waals surface area contributed by atoms with Crippen molar-refractivity contribution in [2.45, 2.75) is 33.2 Å². The Kier molecular flexibility index (Phi) is 4.12. The third-order valence-corrected chi connectivity index (χ3v) is 2.63. The van der Waals surface area contributed by atoms with Gasteiger partial charge >= 0.3 is 6.01 Å². The summed E-state index contributed by atoms with van der Waals surface area (Å²) in [5, 5.41) is 0. The molecule has 0 saturated carbocycles. The molecule has 4 nitrogen and oxygen atoms in total. The lowest BCUT2D eigenvalue weighted by Crippen LogP contribution is -2.17. The molecule has 2 aromatic rings. The second-order valence-corrected chi connectivity index (χ2v) is 4.86. The molecule has 100 valence electrons. The predicted molar refractivity (Wildman–Crippen MR) is 75.4 cm³/mol. The standard InChI is InChI=1S/C15H19N3O/c1-10(16)7-13-5-4-6-14(9-13)19-15-17-11(2)8-12(3)18-15/h4-6,8-10H,7,16H2,1-3H3. The molecule has 1 aromatic heterocycles. The molecule has 1 atom stereocenters. The molecule has 0 saturated heterocycles. The minimum atomic E-state index is 0.132. The molecule has 0 bridgehead atoms. The minimum Gasteiger partial charge on any atom is -0.424 e. The number of ether oxygens (including phenoxy) is 1. The fraction of sp³-hybridized carbons (Fsp3) is 0.333. The van der Waals surface area contributed by atoms with Gasteiger partial charge in [0.05, 0.1) is 0 Å². The van der Waals surface area contributed by atoms with Crippen LogP contribution in [0.1, 0.15) is 23.9 Å². The summed E-state index contributed by atoms with van der Waals surface area (Å²) in [6.45, 7) is 5.84. The van der Waals surface area contributed by atoms with Gasteiger partial charge in [-0.3, -0.25) is 0 Å². The topological polar surface area (TPSA) is 61.0 Å². The average molecular weight is 257 g/mol. The molecule has 0 fully saturated rings. The van der Waals surface area contributed by atoms with Crippen LogP contribution in [0.5, 0.6) is 11.8 Å². The van der Waals surface area contributed by atoms with Gasteiger partial charge in [0.2, 0.25) is 0 Å². The molecule has 0 aliphatic heterocycles. The van der Waals surface area contributed by atoms with Gasteiger partial charge in [-0.05, 0) is 51.0 Å². The number of aromatic nitrogens is 2. The molecule has 1 aromatic carbocycles. The first-order valence-corrected chi connectivity index (χ1v) is 6.37. The third kappa shape index (κ3) is 4.03. The van der Waals surface area contributed by atoms with E-state index in [1.807, 2.05) is 51.1 Å². The predicted octanol–water partition coefficient (Wildman–Crippen LogP) is 2.78. The highest BCUT2D eigenvalue weighted by atomic mass is 16.5. The first-order valence-electron chi connectivity index (χ1n) is 6.37. The fourth-order valence-electron chi connectivity index (χ4n) is 1.95. The Bertz CT molecular complexity index is 547. The molecule has 4 heteroatoms. The van der Waals surface area contributed by atoms with E-state index in [1.54, 1.807) is 0 Å². The lowest BCUT2D eigenvalue weighted by Gasteiger charge is -2.08. The molecule has 1 heterocycles. The minimum absolute atomic E-state index is 0.132. The van der Waals surface area contributed by atoms with Gasteiger partial charge in [-0.15, -0.1) is 0 Å². The summed E-state index contributed by atoms with van der Waals surface area (Å²) in [5.74, 6) is 0.739. The van der Waals surface area contributed by atoms with Crippen LogP contribution in [-0.4, -0.2) is 16.0 Å². The van der Waals surface area contributed by atoms with Crippen molar-refractivity contribution in [2.75, 3.05) is 0 Å². The average Bonchev–Trinajstić information content (AvgIpc) is 2.26. The molecular weight excluding hydrogens is 238 g/mol. The van der Waals surface area contributed by atoms with Crippen molar-refractivity contribution >= 4 is 0 Å². The summed E-state index contributed by atoms with van der Waals surface area (Å²) in [7, 11) is 0. The van der Waals surface area contributed by atoms with E-state index in [0.717, 1.165) is 29.1 Å². The van der Waals surface area contributed by atoms with Gasteiger partial charge in [-0.2, -0.15) is 0 Å². The van der Waals surface area contributed by atoms with Crippen molar-refractivity contribution in [3.63, 3.8) is 0 Å². The maximum absolute atomic E-state index is 5.80. The van der Waals surface area contributed by atoms with E-state index in [9.17, 15) is 0 Å². The molecule has 0 spiro atoms. The van der Waals surface area contributed by atoms with Crippen molar-refractivity contribution in [1.82, 2.24) is 9.97 Å². The zero-order chi connectivity index (χ0) is 13.8. The highest BCUT2D eigenvalue weighted by Crippen LogP contribution is 2.20. The molecule has 19 heavy (non-hydrogen) atoms. The molecule has 0 aliphatic carbocycles. The van der Waals surface area contributed by atoms with Crippen LogP contribution in [-0.2, 0) is 6.42 Å². The largest absolute Gasteiger partial charge is 0.424 e. The second-order valence-electron chi connectivity index (χ2n) is 4.86. The summed E-state index contributed by atoms with van der Waals surface area (Å²) in [6, 6.07) is 10.3. The van der Waals surface area contributed by atoms with Crippen LogP contribution >= 0.6 is 0 Å². The van der Waals surface area contributed by atoms with Crippen molar-refractivity contribution < 1.29 is 4.74 Å². The number of aryl methyl sites for hydroxylation is 2. The molecular formula is C15H19N3O. The van der Waals surface area contributed by atoms with Crippen LogP contribution in [0.4, 0.5) is 0 Å². The van der Waals surface area contributed by atoms with Gasteiger partial charge in [-0.25, -0.2) is 9.97 Å². The Morgan fingerprint density at radius 1 is 1.16 bits per heavy atom. The van der Waals surface area contributed by atoms with E-state index < -0.39 is 0 Å². The smallest absolute Gasteiger partial charge is 0.322 e. The van der Waals surface area contributed by atoms with Gasteiger partial charge in [0, 0.05) is 17.4 Å². The number of rotatable bonds is 4. The quantitative estimate of drug-likeness (QED) is 0.915. The summed E-state index contributed by atoms with van der Waals surface area (Å²) >= 11 is 0. The first-order chi connectivity index (χ1) is 9.02. The van der Waals surface area contributed by atoms with Crippen LogP contribution in [0, 0.1) is 13.8 Å². The van der Waals surface area contributed by atoms with Crippen molar-refractivity contribution in [3.05, 3.63) is 47.3 Å². The lowest BCUT2D eigenvalue weighted by atomic mass is 10.1. The second kappa shape index (κ2) is 5.80. The van der Waals surface area contributed by atoms with Crippen LogP contribution < -0.4 is 10.5 Å². The summed E-state index contributed by atoms with van der Waals surface area (Å²) in [4.78, 5) is 8.52. The monoisotopic (exact) mass is 257 g/mol. The van der Waals surface area contributed by atoms with E-state index in [0.29, 0.717) is 6.01 Å². The van der Waals surface area contributed by atoms with Crippen LogP contribution in [0.2, 0.25) is 0 Å². The maximum atomic E-state index is 5.80. The van der Waals surface area contributed by atoms with Gasteiger partial charge < -0.3 is 10.5 Å². The van der Waals surface area contributed by atoms with Crippen molar-refractivity contribution in [3.8, 4) is 11.8 Å². The molecule has 0 radical (unpaired) electrons. The van der Waals surface area contributed by atoms with E-state index in [2.05, 4.69) is 9.97 Å². The zero-order valence-corrected chi connectivity index (χ0v) is 11.6. The lowest BCUT2D eigenvalue weighted by molar-refractivity contribution is 0.438. The van der Waals surface area contributed by atoms with Crippen LogP contribution in [0.3, 0.4) is 0 Å². The Morgan fingerprint density at radius 3 is 2.47 bits per heavy atom. The Labute approximate surface area is 113 Å². The SMILES string of the molecule is Cc1cc(C)nc(Oc2cccc(CC(C)N)c2)n1. The van der Waals surface area contributed by atoms with E-state index in [-0.39, 0.29) is 6.04 Å². The van der Waals surface area contributed by atoms with Gasteiger partial charge in [0.25, 0.3) is 0 Å². The number of nitrogens with two attached hydrogens (primary N) is 1. The summed E-state index contributed by atoms with van der Waals surface area (Å²) < 4.78 is 5.70. The Hall–Kier alpha value is -1.94. The molecule has 0 amide bonds. The molecule has 2 N–H and O–H groups in total. The Morgan fingerprint density at radius 2 is 1.84 bits per heavy atom. The highest BCUT2D eigenvalue weighted by Gasteiger charge is 2.04. The number of nitrogens with zero attached hydrogens (tertiary/aromatic N) is 2. The molecule has 1 unspecified atom stereocenters. The molecule has 0 aliphatic rings. The van der Waals surface area contributed by atoms with E-state index in [4.69, 9.17) is 10.5 Å². The fourth-order valence-corrected chi connectivity index (χ4v) is 1.95. The zero-order valence-electron chi connectivity index (χ0n) is 11.6. The van der Waals surface area contributed by atoms with E-state index in [1.165, 1.54) is 0 Å². The van der Waals surface area contributed by atoms with Crippen molar-refractivity contribution in [1.29, 1.82) is 0 Å². The third-order valence-electron chi connectivity index (χ3n) is 2.63. The van der Waals surface area contributed by atoms with Crippen LogP contribution in [0.25, 0.3) is 0 Å². The number of benzene rings is 1. The normalized spacial score (nSPS) is 12.2. The van der Waals surface area contributed by atoms with Crippen molar-refractivity contribution in [2.24, 2.45) is 5.73 Å². The number of hydrogen-bond acceptors (Lipinski definition) is 4. The maximum Gasteiger partial charge on any atom is 0.322 e. The highest BCUT2D eigenvalue weighted by molar-refractivity contribution is 5.31. The Balaban J connectivity index is 2.18. The van der Waals surface area contributed by atoms with E-state index >= 15 is 0 Å². The van der Waals surface area contributed by atoms with Gasteiger partial charge in [0.1, 0.15) is 5.75 Å². The van der Waals surface area contributed by atoms with Crippen LogP contribution in [0.15, 0.2) is 30.3 Å². The summed E-state index contributed by atoms with van der Waals surface area (Å²) in [6.07, 6.45) is 0.824. The summed E-state index contributed by atoms with van der Waals surface area (Å²) in [5.41, 5.74) is 8.75. The number of hydrogen-bond donors (Lipinski definition) is 1. The first kappa shape index (κ1) is 13.5. The van der Waals surface area contributed by atoms with Gasteiger partial charge in [0.15, 0.2) is 0 Å². The molecule has 2 rings (SSSR count).